The highest BCUT2D eigenvalue weighted by Gasteiger charge is 2.15. The van der Waals surface area contributed by atoms with Gasteiger partial charge in [-0.2, -0.15) is 0 Å². The van der Waals surface area contributed by atoms with Crippen molar-refractivity contribution in [2.75, 3.05) is 11.9 Å². The number of nitrogens with one attached hydrogen (secondary N) is 1. The highest BCUT2D eigenvalue weighted by Crippen LogP contribution is 2.21. The predicted molar refractivity (Wildman–Crippen MR) is 82.9 cm³/mol. The van der Waals surface area contributed by atoms with Crippen molar-refractivity contribution >= 4 is 17.6 Å². The van der Waals surface area contributed by atoms with Crippen LogP contribution in [0.25, 0.3) is 0 Å². The van der Waals surface area contributed by atoms with Crippen molar-refractivity contribution in [2.45, 2.75) is 27.2 Å². The summed E-state index contributed by atoms with van der Waals surface area (Å²) in [5.74, 6) is -0.460. The summed E-state index contributed by atoms with van der Waals surface area (Å²) in [4.78, 5) is 23.8. The fourth-order valence-corrected chi connectivity index (χ4v) is 2.18. The molecule has 0 radical (unpaired) electrons. The first-order chi connectivity index (χ1) is 10.5. The van der Waals surface area contributed by atoms with Crippen LogP contribution in [0.4, 0.5) is 5.69 Å². The minimum absolute atomic E-state index is 0.331. The lowest BCUT2D eigenvalue weighted by Crippen LogP contribution is -2.22. The van der Waals surface area contributed by atoms with Gasteiger partial charge >= 0.3 is 5.97 Å². The third-order valence-electron chi connectivity index (χ3n) is 3.42. The van der Waals surface area contributed by atoms with Gasteiger partial charge in [-0.15, -0.1) is 0 Å². The van der Waals surface area contributed by atoms with E-state index in [2.05, 4.69) is 5.32 Å². The number of amides is 1. The maximum atomic E-state index is 12.0. The monoisotopic (exact) mass is 301 g/mol. The number of furan rings is 1. The Kier molecular flexibility index (Phi) is 4.99. The fourth-order valence-electron chi connectivity index (χ4n) is 2.18. The van der Waals surface area contributed by atoms with E-state index in [1.807, 2.05) is 32.0 Å². The molecule has 1 aromatic carbocycles. The van der Waals surface area contributed by atoms with Crippen molar-refractivity contribution in [2.24, 2.45) is 0 Å². The molecule has 1 amide bonds. The summed E-state index contributed by atoms with van der Waals surface area (Å²) in [6.45, 7) is 5.28. The molecule has 0 aliphatic rings. The van der Waals surface area contributed by atoms with Crippen molar-refractivity contribution in [3.63, 3.8) is 0 Å². The van der Waals surface area contributed by atoms with Crippen molar-refractivity contribution < 1.29 is 18.7 Å². The number of para-hydroxylation sites is 1. The van der Waals surface area contributed by atoms with Crippen LogP contribution in [0, 0.1) is 13.8 Å². The van der Waals surface area contributed by atoms with E-state index in [1.54, 1.807) is 6.92 Å². The molecule has 0 bridgehead atoms. The summed E-state index contributed by atoms with van der Waals surface area (Å²) in [5.41, 5.74) is 3.14. The zero-order valence-corrected chi connectivity index (χ0v) is 12.9. The molecular formula is C17H19NO4. The summed E-state index contributed by atoms with van der Waals surface area (Å²) in [6.07, 6.45) is 2.22. The predicted octanol–water partition coefficient (Wildman–Crippen LogP) is 3.25. The van der Waals surface area contributed by atoms with E-state index < -0.39 is 5.97 Å². The van der Waals surface area contributed by atoms with E-state index >= 15 is 0 Å². The topological polar surface area (TPSA) is 68.5 Å². The van der Waals surface area contributed by atoms with E-state index in [4.69, 9.17) is 9.15 Å². The Balaban J connectivity index is 1.97. The van der Waals surface area contributed by atoms with Crippen molar-refractivity contribution in [1.29, 1.82) is 0 Å². The molecular weight excluding hydrogens is 282 g/mol. The summed E-state index contributed by atoms with van der Waals surface area (Å²) < 4.78 is 10.0. The molecule has 0 aliphatic carbocycles. The lowest BCUT2D eigenvalue weighted by atomic mass is 10.1. The van der Waals surface area contributed by atoms with Gasteiger partial charge in [0.15, 0.2) is 6.61 Å². The van der Waals surface area contributed by atoms with E-state index in [9.17, 15) is 9.59 Å². The number of rotatable bonds is 5. The van der Waals surface area contributed by atoms with Crippen molar-refractivity contribution in [3.8, 4) is 0 Å². The van der Waals surface area contributed by atoms with Gasteiger partial charge in [0.25, 0.3) is 5.91 Å². The number of carbonyl (C=O) groups is 2. The largest absolute Gasteiger partial charge is 0.469 e. The first-order valence-corrected chi connectivity index (χ1v) is 7.12. The van der Waals surface area contributed by atoms with Crippen molar-refractivity contribution in [3.05, 3.63) is 53.0 Å². The third-order valence-corrected chi connectivity index (χ3v) is 3.42. The van der Waals surface area contributed by atoms with Crippen LogP contribution in [0.2, 0.25) is 0 Å². The molecule has 1 N–H and O–H groups in total. The fraction of sp³-hybridized carbons (Fsp3) is 0.294. The molecule has 0 atom stereocenters. The number of anilines is 1. The molecule has 0 fully saturated rings. The number of ether oxygens (including phenoxy) is 1. The van der Waals surface area contributed by atoms with Crippen LogP contribution in [0.3, 0.4) is 0 Å². The Morgan fingerprint density at radius 2 is 2.00 bits per heavy atom. The Labute approximate surface area is 129 Å². The number of esters is 1. The first kappa shape index (κ1) is 15.8. The highest BCUT2D eigenvalue weighted by molar-refractivity contribution is 5.96. The second kappa shape index (κ2) is 6.93. The Bertz CT molecular complexity index is 688. The molecule has 0 aliphatic heterocycles. The van der Waals surface area contributed by atoms with Gasteiger partial charge in [-0.05, 0) is 37.5 Å². The number of aryl methyl sites for hydroxylation is 3. The van der Waals surface area contributed by atoms with Gasteiger partial charge in [0.1, 0.15) is 11.3 Å². The molecule has 2 aromatic rings. The Hall–Kier alpha value is -2.56. The molecule has 2 rings (SSSR count). The number of hydrogen-bond donors (Lipinski definition) is 1. The van der Waals surface area contributed by atoms with Gasteiger partial charge in [-0.25, -0.2) is 4.79 Å². The number of benzene rings is 1. The molecule has 0 unspecified atom stereocenters. The maximum absolute atomic E-state index is 12.0. The lowest BCUT2D eigenvalue weighted by molar-refractivity contribution is -0.119. The van der Waals surface area contributed by atoms with Crippen LogP contribution in [0.1, 0.15) is 34.2 Å². The van der Waals surface area contributed by atoms with Gasteiger partial charge < -0.3 is 14.5 Å². The summed E-state index contributed by atoms with van der Waals surface area (Å²) in [6, 6.07) is 7.36. The second-order valence-corrected chi connectivity index (χ2v) is 4.98. The van der Waals surface area contributed by atoms with Crippen LogP contribution in [-0.4, -0.2) is 18.5 Å². The van der Waals surface area contributed by atoms with Crippen LogP contribution >= 0.6 is 0 Å². The molecule has 0 saturated carbocycles. The lowest BCUT2D eigenvalue weighted by Gasteiger charge is -2.13. The van der Waals surface area contributed by atoms with Crippen LogP contribution in [0.5, 0.6) is 0 Å². The normalized spacial score (nSPS) is 10.3. The quantitative estimate of drug-likeness (QED) is 0.861. The average molecular weight is 301 g/mol. The minimum atomic E-state index is -0.568. The number of carbonyl (C=O) groups excluding carboxylic acids is 2. The van der Waals surface area contributed by atoms with Gasteiger partial charge in [0.05, 0.1) is 6.26 Å². The van der Waals surface area contributed by atoms with Crippen molar-refractivity contribution in [1.82, 2.24) is 0 Å². The molecule has 0 saturated heterocycles. The Morgan fingerprint density at radius 1 is 1.23 bits per heavy atom. The van der Waals surface area contributed by atoms with Crippen LogP contribution in [0.15, 0.2) is 34.9 Å². The number of hydrogen-bond acceptors (Lipinski definition) is 4. The summed E-state index contributed by atoms with van der Waals surface area (Å²) in [7, 11) is 0. The van der Waals surface area contributed by atoms with E-state index in [0.717, 1.165) is 23.2 Å². The van der Waals surface area contributed by atoms with Gasteiger partial charge in [-0.1, -0.05) is 25.1 Å². The van der Waals surface area contributed by atoms with E-state index in [1.165, 1.54) is 12.3 Å². The smallest absolute Gasteiger partial charge is 0.342 e. The Morgan fingerprint density at radius 3 is 2.64 bits per heavy atom. The highest BCUT2D eigenvalue weighted by atomic mass is 16.5. The van der Waals surface area contributed by atoms with Crippen LogP contribution < -0.4 is 5.32 Å². The zero-order chi connectivity index (χ0) is 16.1. The maximum Gasteiger partial charge on any atom is 0.342 e. The zero-order valence-electron chi connectivity index (χ0n) is 12.9. The third kappa shape index (κ3) is 3.55. The molecule has 1 heterocycles. The molecule has 22 heavy (non-hydrogen) atoms. The van der Waals surface area contributed by atoms with E-state index in [-0.39, 0.29) is 12.5 Å². The van der Waals surface area contributed by atoms with Gasteiger partial charge in [0, 0.05) is 5.69 Å². The standard InChI is InChI=1S/C17H19NO4/c1-4-13-7-5-6-11(2)16(13)18-15(19)10-22-17(20)14-8-9-21-12(14)3/h5-9H,4,10H2,1-3H3,(H,18,19). The van der Waals surface area contributed by atoms with Gasteiger partial charge in [-0.3, -0.25) is 4.79 Å². The average Bonchev–Trinajstić information content (AvgIpc) is 2.93. The molecule has 116 valence electrons. The molecule has 5 nitrogen and oxygen atoms in total. The molecule has 1 aromatic heterocycles. The second-order valence-electron chi connectivity index (χ2n) is 4.98. The summed E-state index contributed by atoms with van der Waals surface area (Å²) in [5, 5.41) is 2.81. The molecule has 0 spiro atoms. The first-order valence-electron chi connectivity index (χ1n) is 7.12. The SMILES string of the molecule is CCc1cccc(C)c1NC(=O)COC(=O)c1ccoc1C. The molecule has 5 heteroatoms. The minimum Gasteiger partial charge on any atom is -0.469 e. The van der Waals surface area contributed by atoms with Gasteiger partial charge in [0.2, 0.25) is 0 Å². The summed E-state index contributed by atoms with van der Waals surface area (Å²) >= 11 is 0. The van der Waals surface area contributed by atoms with E-state index in [0.29, 0.717) is 11.3 Å². The van der Waals surface area contributed by atoms with Crippen LogP contribution in [-0.2, 0) is 16.0 Å².